The van der Waals surface area contributed by atoms with Crippen molar-refractivity contribution >= 4 is 39.6 Å². The zero-order valence-corrected chi connectivity index (χ0v) is 10.9. The van der Waals surface area contributed by atoms with Crippen LogP contribution in [-0.2, 0) is 0 Å². The van der Waals surface area contributed by atoms with Crippen LogP contribution in [0.15, 0.2) is 47.7 Å². The number of hydrogen-bond acceptors (Lipinski definition) is 3. The van der Waals surface area contributed by atoms with Crippen molar-refractivity contribution in [2.24, 2.45) is 0 Å². The first kappa shape index (κ1) is 10.00. The molecule has 0 bridgehead atoms. The molecule has 0 N–H and O–H groups in total. The van der Waals surface area contributed by atoms with E-state index in [4.69, 9.17) is 0 Å². The molecule has 0 radical (unpaired) electrons. The molecule has 0 saturated carbocycles. The van der Waals surface area contributed by atoms with Gasteiger partial charge >= 0.3 is 107 Å². The summed E-state index contributed by atoms with van der Waals surface area (Å²) in [4.78, 5) is 21.0. The van der Waals surface area contributed by atoms with Gasteiger partial charge in [-0.15, -0.1) is 0 Å². The Balaban J connectivity index is 2.38. The van der Waals surface area contributed by atoms with Crippen molar-refractivity contribution in [1.29, 1.82) is 0 Å². The van der Waals surface area contributed by atoms with Crippen LogP contribution in [-0.4, -0.2) is 28.9 Å². The molecule has 4 aromatic rings. The van der Waals surface area contributed by atoms with Crippen LogP contribution >= 0.6 is 0 Å². The van der Waals surface area contributed by atoms with Crippen LogP contribution in [0.25, 0.3) is 25.1 Å². The molecule has 3 aromatic heterocycles. The standard InChI is InChI=1S/C13H7N3OSe/c17-13-12-11(8-3-1-2-4-9(8)18-12)15-10-7-14-5-6-16(10)13/h1-7H. The molecule has 4 nitrogen and oxygen atoms in total. The van der Waals surface area contributed by atoms with E-state index < -0.39 is 0 Å². The number of aromatic nitrogens is 3. The molecule has 0 fully saturated rings. The van der Waals surface area contributed by atoms with Crippen LogP contribution in [0.1, 0.15) is 0 Å². The van der Waals surface area contributed by atoms with Gasteiger partial charge in [-0.05, 0) is 0 Å². The summed E-state index contributed by atoms with van der Waals surface area (Å²) in [5, 5.41) is 1.09. The van der Waals surface area contributed by atoms with Gasteiger partial charge < -0.3 is 0 Å². The molecular formula is C13H7N3OSe. The first-order valence-electron chi connectivity index (χ1n) is 5.48. The second-order valence-electron chi connectivity index (χ2n) is 4.00. The molecule has 0 aliphatic heterocycles. The third-order valence-electron chi connectivity index (χ3n) is 2.95. The Labute approximate surface area is 107 Å². The van der Waals surface area contributed by atoms with Crippen LogP contribution in [0.5, 0.6) is 0 Å². The average Bonchev–Trinajstić information content (AvgIpc) is 2.79. The summed E-state index contributed by atoms with van der Waals surface area (Å²) in [6.07, 6.45) is 4.90. The second kappa shape index (κ2) is 3.51. The predicted octanol–water partition coefficient (Wildman–Crippen LogP) is 1.45. The number of rotatable bonds is 0. The van der Waals surface area contributed by atoms with E-state index >= 15 is 0 Å². The molecule has 4 rings (SSSR count). The van der Waals surface area contributed by atoms with Crippen molar-refractivity contribution in [2.75, 3.05) is 0 Å². The maximum atomic E-state index is 12.4. The van der Waals surface area contributed by atoms with Gasteiger partial charge in [-0.2, -0.15) is 0 Å². The van der Waals surface area contributed by atoms with Crippen LogP contribution in [0.4, 0.5) is 0 Å². The summed E-state index contributed by atoms with van der Waals surface area (Å²) in [5.41, 5.74) is 1.48. The van der Waals surface area contributed by atoms with Gasteiger partial charge in [-0.25, -0.2) is 0 Å². The van der Waals surface area contributed by atoms with E-state index in [2.05, 4.69) is 16.0 Å². The van der Waals surface area contributed by atoms with Gasteiger partial charge in [-0.1, -0.05) is 0 Å². The summed E-state index contributed by atoms with van der Waals surface area (Å²) >= 11 is 0.0560. The Morgan fingerprint density at radius 3 is 3.06 bits per heavy atom. The zero-order valence-electron chi connectivity index (χ0n) is 9.20. The first-order chi connectivity index (χ1) is 8.84. The van der Waals surface area contributed by atoms with Crippen LogP contribution < -0.4 is 5.56 Å². The second-order valence-corrected chi connectivity index (χ2v) is 6.21. The Kier molecular flexibility index (Phi) is 1.95. The van der Waals surface area contributed by atoms with Crippen LogP contribution in [0, 0.1) is 0 Å². The summed E-state index contributed by atoms with van der Waals surface area (Å²) in [6.45, 7) is 0. The molecule has 86 valence electrons. The zero-order chi connectivity index (χ0) is 12.1. The average molecular weight is 300 g/mol. The minimum atomic E-state index is 0.0357. The SMILES string of the molecule is O=c1c2[se]c3ccccc3c2nc2cnccn12. The fourth-order valence-electron chi connectivity index (χ4n) is 2.12. The van der Waals surface area contributed by atoms with E-state index in [1.165, 1.54) is 4.26 Å². The van der Waals surface area contributed by atoms with Gasteiger partial charge in [0.25, 0.3) is 0 Å². The van der Waals surface area contributed by atoms with Gasteiger partial charge in [0.1, 0.15) is 0 Å². The van der Waals surface area contributed by atoms with E-state index in [0.717, 1.165) is 15.2 Å². The normalized spacial score (nSPS) is 11.6. The van der Waals surface area contributed by atoms with E-state index in [1.807, 2.05) is 18.2 Å². The summed E-state index contributed by atoms with van der Waals surface area (Å²) in [7, 11) is 0. The Bertz CT molecular complexity index is 955. The molecule has 0 aliphatic carbocycles. The molecular weight excluding hydrogens is 293 g/mol. The Morgan fingerprint density at radius 2 is 2.11 bits per heavy atom. The van der Waals surface area contributed by atoms with Gasteiger partial charge in [0.05, 0.1) is 0 Å². The molecule has 0 aliphatic rings. The van der Waals surface area contributed by atoms with Crippen LogP contribution in [0.3, 0.4) is 0 Å². The quantitative estimate of drug-likeness (QED) is 0.462. The Hall–Kier alpha value is -1.97. The van der Waals surface area contributed by atoms with Crippen molar-refractivity contribution in [1.82, 2.24) is 14.4 Å². The van der Waals surface area contributed by atoms with Crippen molar-refractivity contribution in [3.63, 3.8) is 0 Å². The minimum absolute atomic E-state index is 0.0357. The van der Waals surface area contributed by atoms with Crippen molar-refractivity contribution in [3.05, 3.63) is 53.2 Å². The van der Waals surface area contributed by atoms with E-state index in [0.29, 0.717) is 5.65 Å². The third-order valence-corrected chi connectivity index (χ3v) is 5.36. The van der Waals surface area contributed by atoms with Crippen LogP contribution in [0.2, 0.25) is 0 Å². The van der Waals surface area contributed by atoms with Gasteiger partial charge in [0.15, 0.2) is 0 Å². The summed E-state index contributed by atoms with van der Waals surface area (Å²) in [6, 6.07) is 8.09. The molecule has 3 heterocycles. The van der Waals surface area contributed by atoms with Crippen molar-refractivity contribution in [2.45, 2.75) is 0 Å². The van der Waals surface area contributed by atoms with E-state index in [1.54, 1.807) is 23.0 Å². The molecule has 0 unspecified atom stereocenters. The number of hydrogen-bond donors (Lipinski definition) is 0. The molecule has 18 heavy (non-hydrogen) atoms. The Morgan fingerprint density at radius 1 is 1.22 bits per heavy atom. The maximum absolute atomic E-state index is 12.4. The molecule has 5 heteroatoms. The monoisotopic (exact) mass is 301 g/mol. The van der Waals surface area contributed by atoms with Gasteiger partial charge in [0, 0.05) is 0 Å². The fraction of sp³-hybridized carbons (Fsp3) is 0. The van der Waals surface area contributed by atoms with E-state index in [9.17, 15) is 4.79 Å². The van der Waals surface area contributed by atoms with Crippen molar-refractivity contribution in [3.8, 4) is 0 Å². The summed E-state index contributed by atoms with van der Waals surface area (Å²) in [5.74, 6) is 0. The number of benzene rings is 1. The molecule has 0 spiro atoms. The molecule has 0 atom stereocenters. The van der Waals surface area contributed by atoms with Gasteiger partial charge in [0.2, 0.25) is 0 Å². The van der Waals surface area contributed by atoms with E-state index in [-0.39, 0.29) is 20.1 Å². The topological polar surface area (TPSA) is 47.3 Å². The molecule has 1 aromatic carbocycles. The van der Waals surface area contributed by atoms with Gasteiger partial charge in [-0.3, -0.25) is 0 Å². The first-order valence-corrected chi connectivity index (χ1v) is 7.19. The third kappa shape index (κ3) is 1.23. The molecule has 0 amide bonds. The fourth-order valence-corrected chi connectivity index (χ4v) is 4.38. The number of fused-ring (bicyclic) bond motifs is 4. The molecule has 0 saturated heterocycles. The summed E-state index contributed by atoms with van der Waals surface area (Å²) < 4.78 is 3.64. The number of nitrogens with zero attached hydrogens (tertiary/aromatic N) is 3. The van der Waals surface area contributed by atoms with Crippen molar-refractivity contribution < 1.29 is 0 Å². The predicted molar refractivity (Wildman–Crippen MR) is 71.2 cm³/mol.